The van der Waals surface area contributed by atoms with Gasteiger partial charge >= 0.3 is 0 Å². The Hall–Kier alpha value is -1.71. The maximum Gasteiger partial charge on any atom is 0.191 e. The van der Waals surface area contributed by atoms with E-state index in [0.717, 1.165) is 49.1 Å². The third-order valence-electron chi connectivity index (χ3n) is 4.73. The van der Waals surface area contributed by atoms with Crippen LogP contribution in [0.5, 0.6) is 0 Å². The normalized spacial score (nSPS) is 14.1. The molecule has 0 atom stereocenters. The summed E-state index contributed by atoms with van der Waals surface area (Å²) in [4.78, 5) is 4.24. The molecule has 0 spiro atoms. The molecule has 0 saturated carbocycles. The summed E-state index contributed by atoms with van der Waals surface area (Å²) in [6.45, 7) is 4.13. The molecule has 0 amide bonds. The molecule has 2 N–H and O–H groups in total. The lowest BCUT2D eigenvalue weighted by atomic mass is 10.1. The summed E-state index contributed by atoms with van der Waals surface area (Å²) in [5.74, 6) is 2.71. The zero-order chi connectivity index (χ0) is 18.4. The Balaban J connectivity index is 0.00000261. The average Bonchev–Trinajstić information content (AvgIpc) is 2.87. The molecule has 0 saturated heterocycles. The number of hydrogen-bond acceptors (Lipinski definition) is 3. The van der Waals surface area contributed by atoms with Crippen molar-refractivity contribution in [3.05, 3.63) is 46.8 Å². The third kappa shape index (κ3) is 5.88. The quantitative estimate of drug-likeness (QED) is 0.388. The van der Waals surface area contributed by atoms with E-state index in [1.54, 1.807) is 20.0 Å². The largest absolute Gasteiger partial charge is 0.356 e. The van der Waals surface area contributed by atoms with Gasteiger partial charge in [0.2, 0.25) is 0 Å². The summed E-state index contributed by atoms with van der Waals surface area (Å²) in [5, 5.41) is 15.3. The molecule has 6 nitrogen and oxygen atoms in total. The van der Waals surface area contributed by atoms with Crippen LogP contribution < -0.4 is 10.6 Å². The fourth-order valence-electron chi connectivity index (χ4n) is 3.25. The molecular formula is C19H28FIN6. The molecule has 3 rings (SSSR count). The van der Waals surface area contributed by atoms with Gasteiger partial charge in [0.25, 0.3) is 0 Å². The first-order chi connectivity index (χ1) is 12.7. The number of halogens is 2. The van der Waals surface area contributed by atoms with E-state index in [0.29, 0.717) is 12.1 Å². The van der Waals surface area contributed by atoms with E-state index in [-0.39, 0.29) is 29.8 Å². The number of fused-ring (bicyclic) bond motifs is 1. The molecule has 0 aliphatic carbocycles. The molecule has 2 aromatic rings. The Morgan fingerprint density at radius 3 is 2.85 bits per heavy atom. The van der Waals surface area contributed by atoms with Crippen molar-refractivity contribution >= 4 is 29.9 Å². The Kier molecular flexibility index (Phi) is 8.46. The van der Waals surface area contributed by atoms with Crippen LogP contribution in [0.4, 0.5) is 4.39 Å². The lowest BCUT2D eigenvalue weighted by Gasteiger charge is -2.13. The van der Waals surface area contributed by atoms with E-state index in [9.17, 15) is 4.39 Å². The monoisotopic (exact) mass is 486 g/mol. The topological polar surface area (TPSA) is 67.1 Å². The highest BCUT2D eigenvalue weighted by Crippen LogP contribution is 2.14. The zero-order valence-electron chi connectivity index (χ0n) is 16.0. The van der Waals surface area contributed by atoms with Crippen LogP contribution in [0.1, 0.15) is 42.0 Å². The van der Waals surface area contributed by atoms with Crippen LogP contribution in [0.3, 0.4) is 0 Å². The molecule has 0 radical (unpaired) electrons. The molecular weight excluding hydrogens is 458 g/mol. The second-order valence-corrected chi connectivity index (χ2v) is 6.68. The number of aromatic nitrogens is 3. The molecule has 148 valence electrons. The molecule has 0 unspecified atom stereocenters. The molecule has 8 heteroatoms. The highest BCUT2D eigenvalue weighted by molar-refractivity contribution is 14.0. The smallest absolute Gasteiger partial charge is 0.191 e. The van der Waals surface area contributed by atoms with Gasteiger partial charge < -0.3 is 15.2 Å². The van der Waals surface area contributed by atoms with Crippen LogP contribution in [0.25, 0.3) is 0 Å². The summed E-state index contributed by atoms with van der Waals surface area (Å²) < 4.78 is 15.6. The molecule has 0 fully saturated rings. The van der Waals surface area contributed by atoms with Crippen LogP contribution >= 0.6 is 24.0 Å². The first-order valence-corrected chi connectivity index (χ1v) is 9.28. The second kappa shape index (κ2) is 10.6. The minimum Gasteiger partial charge on any atom is -0.356 e. The summed E-state index contributed by atoms with van der Waals surface area (Å²) in [6, 6.07) is 5.13. The second-order valence-electron chi connectivity index (χ2n) is 6.68. The first kappa shape index (κ1) is 21.6. The van der Waals surface area contributed by atoms with Crippen molar-refractivity contribution in [2.24, 2.45) is 4.99 Å². The van der Waals surface area contributed by atoms with Crippen LogP contribution in [0.2, 0.25) is 0 Å². The predicted octanol–water partition coefficient (Wildman–Crippen LogP) is 2.98. The number of nitrogens with zero attached hydrogens (tertiary/aromatic N) is 4. The molecule has 1 aliphatic rings. The molecule has 2 heterocycles. The Morgan fingerprint density at radius 1 is 1.22 bits per heavy atom. The highest BCUT2D eigenvalue weighted by atomic mass is 127. The van der Waals surface area contributed by atoms with Gasteiger partial charge in [-0.05, 0) is 37.0 Å². The van der Waals surface area contributed by atoms with Crippen LogP contribution in [0.15, 0.2) is 23.2 Å². The number of guanidine groups is 1. The minimum absolute atomic E-state index is 0. The highest BCUT2D eigenvalue weighted by Gasteiger charge is 2.14. The van der Waals surface area contributed by atoms with E-state index >= 15 is 0 Å². The van der Waals surface area contributed by atoms with Gasteiger partial charge in [-0.15, -0.1) is 34.2 Å². The lowest BCUT2D eigenvalue weighted by molar-refractivity contribution is 0.600. The minimum atomic E-state index is -0.177. The Morgan fingerprint density at radius 2 is 2.07 bits per heavy atom. The predicted molar refractivity (Wildman–Crippen MR) is 116 cm³/mol. The van der Waals surface area contributed by atoms with E-state index in [1.807, 2.05) is 6.07 Å². The zero-order valence-corrected chi connectivity index (χ0v) is 18.3. The van der Waals surface area contributed by atoms with E-state index in [1.165, 1.54) is 25.3 Å². The number of benzene rings is 1. The van der Waals surface area contributed by atoms with E-state index < -0.39 is 0 Å². The van der Waals surface area contributed by atoms with Gasteiger partial charge in [-0.2, -0.15) is 0 Å². The van der Waals surface area contributed by atoms with Gasteiger partial charge in [-0.1, -0.05) is 18.6 Å². The number of rotatable bonds is 5. The van der Waals surface area contributed by atoms with Gasteiger partial charge in [0.15, 0.2) is 5.96 Å². The van der Waals surface area contributed by atoms with Crippen molar-refractivity contribution < 1.29 is 4.39 Å². The van der Waals surface area contributed by atoms with E-state index in [2.05, 4.69) is 30.4 Å². The van der Waals surface area contributed by atoms with Crippen LogP contribution in [0, 0.1) is 12.7 Å². The van der Waals surface area contributed by atoms with Crippen molar-refractivity contribution in [3.63, 3.8) is 0 Å². The molecule has 1 aliphatic heterocycles. The van der Waals surface area contributed by atoms with Gasteiger partial charge in [0.1, 0.15) is 17.5 Å². The number of hydrogen-bond donors (Lipinski definition) is 2. The standard InChI is InChI=1S/C19H27FN6.HI/c1-14-12-15(7-8-16(14)20)13-23-19(21-2)22-10-9-18-25-24-17-6-4-3-5-11-26(17)18;/h7-8,12H,3-6,9-11,13H2,1-2H3,(H2,21,22,23);1H. The van der Waals surface area contributed by atoms with Crippen molar-refractivity contribution in [1.29, 1.82) is 0 Å². The maximum absolute atomic E-state index is 13.3. The first-order valence-electron chi connectivity index (χ1n) is 9.28. The average molecular weight is 486 g/mol. The lowest BCUT2D eigenvalue weighted by Crippen LogP contribution is -2.38. The van der Waals surface area contributed by atoms with E-state index in [4.69, 9.17) is 0 Å². The summed E-state index contributed by atoms with van der Waals surface area (Å²) >= 11 is 0. The fourth-order valence-corrected chi connectivity index (χ4v) is 3.25. The van der Waals surface area contributed by atoms with Crippen LogP contribution in [-0.4, -0.2) is 34.3 Å². The fraction of sp³-hybridized carbons (Fsp3) is 0.526. The third-order valence-corrected chi connectivity index (χ3v) is 4.73. The summed E-state index contributed by atoms with van der Waals surface area (Å²) in [6.07, 6.45) is 5.51. The van der Waals surface area contributed by atoms with Crippen molar-refractivity contribution in [1.82, 2.24) is 25.4 Å². The molecule has 27 heavy (non-hydrogen) atoms. The van der Waals surface area contributed by atoms with Gasteiger partial charge in [0.05, 0.1) is 0 Å². The molecule has 1 aromatic carbocycles. The van der Waals surface area contributed by atoms with Crippen molar-refractivity contribution in [2.45, 2.75) is 52.1 Å². The van der Waals surface area contributed by atoms with Crippen molar-refractivity contribution in [2.75, 3.05) is 13.6 Å². The Bertz CT molecular complexity index is 774. The van der Waals surface area contributed by atoms with Crippen molar-refractivity contribution in [3.8, 4) is 0 Å². The van der Waals surface area contributed by atoms with Gasteiger partial charge in [-0.3, -0.25) is 4.99 Å². The SMILES string of the molecule is CN=C(NCCc1nnc2n1CCCCC2)NCc1ccc(F)c(C)c1.I. The molecule has 0 bridgehead atoms. The van der Waals surface area contributed by atoms with Gasteiger partial charge in [0, 0.05) is 39.5 Å². The number of aliphatic imine (C=N–C) groups is 1. The molecule has 1 aromatic heterocycles. The summed E-state index contributed by atoms with van der Waals surface area (Å²) in [5.41, 5.74) is 1.68. The summed E-state index contributed by atoms with van der Waals surface area (Å²) in [7, 11) is 1.74. The maximum atomic E-state index is 13.3. The Labute approximate surface area is 177 Å². The van der Waals surface area contributed by atoms with Gasteiger partial charge in [-0.25, -0.2) is 4.39 Å². The van der Waals surface area contributed by atoms with Crippen LogP contribution in [-0.2, 0) is 25.9 Å². The number of aryl methyl sites for hydroxylation is 2. The number of nitrogens with one attached hydrogen (secondary N) is 2.